The summed E-state index contributed by atoms with van der Waals surface area (Å²) in [7, 11) is 0. The fraction of sp³-hybridized carbons (Fsp3) is 0.733. The normalized spacial score (nSPS) is 37.3. The highest BCUT2D eigenvalue weighted by Crippen LogP contribution is 2.37. The quantitative estimate of drug-likeness (QED) is 0.495. The summed E-state index contributed by atoms with van der Waals surface area (Å²) in [5, 5.41) is 0. The third kappa shape index (κ3) is 2.71. The van der Waals surface area contributed by atoms with Crippen LogP contribution in [0.2, 0.25) is 0 Å². The maximum Gasteiger partial charge on any atom is 0.317 e. The Morgan fingerprint density at radius 1 is 0.619 bits per heavy atom. The van der Waals surface area contributed by atoms with Gasteiger partial charge < -0.3 is 9.47 Å². The average Bonchev–Trinajstić information content (AvgIpc) is 2.68. The van der Waals surface area contributed by atoms with Gasteiger partial charge in [0.2, 0.25) is 0 Å². The second-order valence-electron chi connectivity index (χ2n) is 6.18. The summed E-state index contributed by atoms with van der Waals surface area (Å²) in [4.78, 5) is 46.9. The van der Waals surface area contributed by atoms with Crippen LogP contribution in [-0.4, -0.2) is 23.9 Å². The highest BCUT2D eigenvalue weighted by Gasteiger charge is 2.44. The zero-order valence-corrected chi connectivity index (χ0v) is 11.7. The monoisotopic (exact) mass is 294 g/mol. The highest BCUT2D eigenvalue weighted by atomic mass is 16.6. The molecule has 3 fully saturated rings. The number of hydrogen-bond donors (Lipinski definition) is 0. The van der Waals surface area contributed by atoms with Crippen molar-refractivity contribution in [3.05, 3.63) is 0 Å². The SMILES string of the molecule is O=C1OC(=O)C2CCCC3C(=O)OC(=O)C3CCCC1C2. The second-order valence-corrected chi connectivity index (χ2v) is 6.18. The number of carbonyl (C=O) groups excluding carboxylic acids is 4. The lowest BCUT2D eigenvalue weighted by Crippen LogP contribution is -2.34. The summed E-state index contributed by atoms with van der Waals surface area (Å²) in [6.07, 6.45) is 4.13. The first kappa shape index (κ1) is 14.2. The van der Waals surface area contributed by atoms with Crippen molar-refractivity contribution in [2.75, 3.05) is 0 Å². The molecule has 6 nitrogen and oxygen atoms in total. The maximum atomic E-state index is 11.7. The Labute approximate surface area is 122 Å². The molecular formula is C15H18O6. The summed E-state index contributed by atoms with van der Waals surface area (Å²) in [5.41, 5.74) is 0. The predicted octanol–water partition coefficient (Wildman–Crippen LogP) is 1.36. The van der Waals surface area contributed by atoms with Crippen molar-refractivity contribution in [2.45, 2.75) is 44.9 Å². The van der Waals surface area contributed by atoms with Gasteiger partial charge in [0.15, 0.2) is 0 Å². The van der Waals surface area contributed by atoms with Crippen LogP contribution >= 0.6 is 0 Å². The minimum atomic E-state index is -0.447. The molecule has 2 aliphatic heterocycles. The zero-order valence-electron chi connectivity index (χ0n) is 11.7. The number of ether oxygens (including phenoxy) is 2. The molecule has 2 bridgehead atoms. The van der Waals surface area contributed by atoms with Gasteiger partial charge in [-0.3, -0.25) is 19.2 Å². The molecule has 1 aliphatic carbocycles. The number of carbonyl (C=O) groups is 4. The van der Waals surface area contributed by atoms with E-state index in [1.165, 1.54) is 0 Å². The number of cyclic esters (lactones) is 4. The van der Waals surface area contributed by atoms with Crippen LogP contribution in [0.25, 0.3) is 0 Å². The Balaban J connectivity index is 1.75. The Morgan fingerprint density at radius 2 is 1.05 bits per heavy atom. The molecule has 0 spiro atoms. The predicted molar refractivity (Wildman–Crippen MR) is 68.5 cm³/mol. The molecule has 0 amide bonds. The topological polar surface area (TPSA) is 86.7 Å². The van der Waals surface area contributed by atoms with Crippen molar-refractivity contribution in [3.8, 4) is 0 Å². The van der Waals surface area contributed by atoms with Gasteiger partial charge in [-0.2, -0.15) is 0 Å². The van der Waals surface area contributed by atoms with Crippen molar-refractivity contribution < 1.29 is 28.7 Å². The maximum absolute atomic E-state index is 11.7. The van der Waals surface area contributed by atoms with Crippen LogP contribution in [0.3, 0.4) is 0 Å². The molecule has 4 atom stereocenters. The van der Waals surface area contributed by atoms with Gasteiger partial charge >= 0.3 is 23.9 Å². The van der Waals surface area contributed by atoms with E-state index in [0.717, 1.165) is 0 Å². The number of hydrogen-bond acceptors (Lipinski definition) is 6. The fourth-order valence-electron chi connectivity index (χ4n) is 3.66. The van der Waals surface area contributed by atoms with E-state index in [1.54, 1.807) is 0 Å². The van der Waals surface area contributed by atoms with Gasteiger partial charge in [0, 0.05) is 0 Å². The summed E-state index contributed by atoms with van der Waals surface area (Å²) in [6.45, 7) is 0. The van der Waals surface area contributed by atoms with Crippen molar-refractivity contribution in [1.29, 1.82) is 0 Å². The van der Waals surface area contributed by atoms with Gasteiger partial charge in [0.25, 0.3) is 0 Å². The number of esters is 4. The number of rotatable bonds is 0. The lowest BCUT2D eigenvalue weighted by atomic mass is 9.86. The van der Waals surface area contributed by atoms with E-state index in [-0.39, 0.29) is 23.7 Å². The highest BCUT2D eigenvalue weighted by molar-refractivity contribution is 5.96. The first-order chi connectivity index (χ1) is 10.1. The molecule has 21 heavy (non-hydrogen) atoms. The van der Waals surface area contributed by atoms with E-state index in [1.807, 2.05) is 0 Å². The van der Waals surface area contributed by atoms with Crippen molar-refractivity contribution in [3.63, 3.8) is 0 Å². The molecule has 1 saturated carbocycles. The van der Waals surface area contributed by atoms with Crippen molar-refractivity contribution in [1.82, 2.24) is 0 Å². The third-order valence-electron chi connectivity index (χ3n) is 4.86. The van der Waals surface area contributed by atoms with Crippen LogP contribution in [0.1, 0.15) is 44.9 Å². The van der Waals surface area contributed by atoms with E-state index >= 15 is 0 Å². The Hall–Kier alpha value is -1.72. The van der Waals surface area contributed by atoms with Gasteiger partial charge in [0.1, 0.15) is 0 Å². The molecule has 2 saturated heterocycles. The molecule has 0 N–H and O–H groups in total. The Kier molecular flexibility index (Phi) is 3.78. The summed E-state index contributed by atoms with van der Waals surface area (Å²) < 4.78 is 9.56. The minimum Gasteiger partial charge on any atom is -0.393 e. The molecule has 3 aliphatic rings. The van der Waals surface area contributed by atoms with Gasteiger partial charge in [-0.05, 0) is 32.1 Å². The fourth-order valence-corrected chi connectivity index (χ4v) is 3.66. The van der Waals surface area contributed by atoms with E-state index < -0.39 is 23.9 Å². The van der Waals surface area contributed by atoms with E-state index in [9.17, 15) is 19.2 Å². The van der Waals surface area contributed by atoms with Crippen molar-refractivity contribution in [2.24, 2.45) is 23.7 Å². The lowest BCUT2D eigenvalue weighted by molar-refractivity contribution is -0.172. The first-order valence-electron chi connectivity index (χ1n) is 7.57. The molecule has 6 heteroatoms. The van der Waals surface area contributed by atoms with E-state index in [2.05, 4.69) is 0 Å². The zero-order chi connectivity index (χ0) is 15.0. The Morgan fingerprint density at radius 3 is 1.52 bits per heavy atom. The first-order valence-corrected chi connectivity index (χ1v) is 7.57. The van der Waals surface area contributed by atoms with Crippen LogP contribution in [0, 0.1) is 23.7 Å². The molecule has 4 unspecified atom stereocenters. The standard InChI is InChI=1S/C15H18O6/c16-12-8-3-1-5-10-11(15(19)21-14(10)18)6-2-4-9(7-8)13(17)20-12/h8-11H,1-7H2. The molecule has 0 aromatic heterocycles. The molecule has 0 radical (unpaired) electrons. The van der Waals surface area contributed by atoms with Crippen LogP contribution in [0.4, 0.5) is 0 Å². The summed E-state index contributed by atoms with van der Waals surface area (Å²) in [5.74, 6) is -3.08. The Bertz CT molecular complexity index is 450. The van der Waals surface area contributed by atoms with Crippen LogP contribution in [-0.2, 0) is 28.7 Å². The van der Waals surface area contributed by atoms with E-state index in [0.29, 0.717) is 44.9 Å². The minimum absolute atomic E-state index is 0.266. The third-order valence-corrected chi connectivity index (χ3v) is 4.86. The van der Waals surface area contributed by atoms with Crippen molar-refractivity contribution >= 4 is 23.9 Å². The molecule has 3 rings (SSSR count). The van der Waals surface area contributed by atoms with Crippen LogP contribution < -0.4 is 0 Å². The smallest absolute Gasteiger partial charge is 0.317 e. The average molecular weight is 294 g/mol. The molecular weight excluding hydrogens is 276 g/mol. The number of fused-ring (bicyclic) bond motifs is 3. The molecule has 2 heterocycles. The van der Waals surface area contributed by atoms with Crippen LogP contribution in [0.15, 0.2) is 0 Å². The molecule has 0 aromatic rings. The van der Waals surface area contributed by atoms with Gasteiger partial charge in [-0.15, -0.1) is 0 Å². The van der Waals surface area contributed by atoms with Gasteiger partial charge in [-0.25, -0.2) is 0 Å². The second kappa shape index (κ2) is 5.58. The molecule has 0 aromatic carbocycles. The van der Waals surface area contributed by atoms with Gasteiger partial charge in [-0.1, -0.05) is 12.8 Å². The van der Waals surface area contributed by atoms with E-state index in [4.69, 9.17) is 9.47 Å². The largest absolute Gasteiger partial charge is 0.393 e. The lowest BCUT2D eigenvalue weighted by Gasteiger charge is -2.26. The molecule has 114 valence electrons. The van der Waals surface area contributed by atoms with Crippen LogP contribution in [0.5, 0.6) is 0 Å². The summed E-state index contributed by atoms with van der Waals surface area (Å²) >= 11 is 0. The summed E-state index contributed by atoms with van der Waals surface area (Å²) in [6, 6.07) is 0. The van der Waals surface area contributed by atoms with Gasteiger partial charge in [0.05, 0.1) is 23.7 Å².